The minimum atomic E-state index is -0.806. The number of rotatable bonds is 9. The number of benzene rings is 2. The number of anilines is 2. The third kappa shape index (κ3) is 6.86. The highest BCUT2D eigenvalue weighted by Crippen LogP contribution is 2.28. The van der Waals surface area contributed by atoms with E-state index in [0.29, 0.717) is 11.4 Å². The molecule has 2 aromatic carbocycles. The quantitative estimate of drug-likeness (QED) is 0.362. The topological polar surface area (TPSA) is 137 Å². The Kier molecular flexibility index (Phi) is 7.80. The standard InChI is InChI=1S/C19H18FN3O7/c1-29-14-6-7-16(23(27)28)15(10-14)22-18(25)11-30-19(26)9-8-17(24)21-13-4-2-12(20)3-5-13/h2-7,10H,8-9,11H2,1H3,(H,21,24)(H,22,25). The van der Waals surface area contributed by atoms with E-state index < -0.39 is 35.1 Å². The Morgan fingerprint density at radius 2 is 1.73 bits per heavy atom. The van der Waals surface area contributed by atoms with Crippen molar-refractivity contribution in [2.24, 2.45) is 0 Å². The molecule has 0 aliphatic carbocycles. The van der Waals surface area contributed by atoms with Gasteiger partial charge in [0.25, 0.3) is 11.6 Å². The lowest BCUT2D eigenvalue weighted by Crippen LogP contribution is -2.22. The predicted molar refractivity (Wildman–Crippen MR) is 104 cm³/mol. The minimum Gasteiger partial charge on any atom is -0.497 e. The first-order valence-electron chi connectivity index (χ1n) is 8.62. The number of hydrogen-bond donors (Lipinski definition) is 2. The lowest BCUT2D eigenvalue weighted by molar-refractivity contribution is -0.383. The van der Waals surface area contributed by atoms with Gasteiger partial charge in [-0.05, 0) is 30.3 Å². The van der Waals surface area contributed by atoms with Crippen LogP contribution >= 0.6 is 0 Å². The van der Waals surface area contributed by atoms with Crippen LogP contribution in [0.4, 0.5) is 21.5 Å². The van der Waals surface area contributed by atoms with Crippen molar-refractivity contribution in [2.45, 2.75) is 12.8 Å². The summed E-state index contributed by atoms with van der Waals surface area (Å²) < 4.78 is 22.5. The van der Waals surface area contributed by atoms with E-state index in [2.05, 4.69) is 10.6 Å². The molecule has 0 spiro atoms. The maximum atomic E-state index is 12.8. The van der Waals surface area contributed by atoms with Crippen LogP contribution in [0.2, 0.25) is 0 Å². The van der Waals surface area contributed by atoms with Gasteiger partial charge < -0.3 is 20.1 Å². The van der Waals surface area contributed by atoms with Crippen molar-refractivity contribution in [1.29, 1.82) is 0 Å². The summed E-state index contributed by atoms with van der Waals surface area (Å²) in [4.78, 5) is 45.8. The average Bonchev–Trinajstić information content (AvgIpc) is 2.72. The normalized spacial score (nSPS) is 10.1. The van der Waals surface area contributed by atoms with Crippen molar-refractivity contribution in [3.05, 3.63) is 58.4 Å². The highest BCUT2D eigenvalue weighted by Gasteiger charge is 2.18. The van der Waals surface area contributed by atoms with Gasteiger partial charge in [0.15, 0.2) is 6.61 Å². The first-order chi connectivity index (χ1) is 14.3. The number of carbonyl (C=O) groups excluding carboxylic acids is 3. The number of carbonyl (C=O) groups is 3. The summed E-state index contributed by atoms with van der Waals surface area (Å²) in [6.45, 7) is -0.688. The zero-order chi connectivity index (χ0) is 22.1. The number of nitro groups is 1. The summed E-state index contributed by atoms with van der Waals surface area (Å²) in [7, 11) is 1.36. The van der Waals surface area contributed by atoms with E-state index in [-0.39, 0.29) is 24.2 Å². The van der Waals surface area contributed by atoms with Gasteiger partial charge in [-0.1, -0.05) is 0 Å². The molecule has 10 nitrogen and oxygen atoms in total. The summed E-state index contributed by atoms with van der Waals surface area (Å²) >= 11 is 0. The molecule has 0 fully saturated rings. The molecule has 158 valence electrons. The second-order valence-corrected chi connectivity index (χ2v) is 5.90. The van der Waals surface area contributed by atoms with E-state index in [1.54, 1.807) is 0 Å². The molecule has 2 amide bonds. The van der Waals surface area contributed by atoms with Crippen LogP contribution in [0, 0.1) is 15.9 Å². The largest absolute Gasteiger partial charge is 0.497 e. The second kappa shape index (κ2) is 10.5. The number of nitro benzene ring substituents is 1. The Bertz CT molecular complexity index is 948. The Labute approximate surface area is 170 Å². The van der Waals surface area contributed by atoms with E-state index in [1.807, 2.05) is 0 Å². The number of halogens is 1. The van der Waals surface area contributed by atoms with Crippen molar-refractivity contribution < 1.29 is 33.2 Å². The lowest BCUT2D eigenvalue weighted by Gasteiger charge is -2.09. The average molecular weight is 419 g/mol. The second-order valence-electron chi connectivity index (χ2n) is 5.90. The fourth-order valence-electron chi connectivity index (χ4n) is 2.28. The molecule has 2 N–H and O–H groups in total. The van der Waals surface area contributed by atoms with Gasteiger partial charge in [0, 0.05) is 24.2 Å². The number of nitrogens with zero attached hydrogens (tertiary/aromatic N) is 1. The van der Waals surface area contributed by atoms with Crippen LogP contribution in [0.5, 0.6) is 5.75 Å². The van der Waals surface area contributed by atoms with Gasteiger partial charge in [0.1, 0.15) is 17.3 Å². The molecule has 0 heterocycles. The summed E-state index contributed by atoms with van der Waals surface area (Å²) in [6.07, 6.45) is -0.501. The molecule has 0 saturated carbocycles. The minimum absolute atomic E-state index is 0.112. The zero-order valence-electron chi connectivity index (χ0n) is 15.8. The molecule has 0 saturated heterocycles. The van der Waals surface area contributed by atoms with Crippen LogP contribution in [-0.4, -0.2) is 36.4 Å². The van der Waals surface area contributed by atoms with Crippen molar-refractivity contribution in [3.63, 3.8) is 0 Å². The highest BCUT2D eigenvalue weighted by molar-refractivity contribution is 5.96. The third-order valence-electron chi connectivity index (χ3n) is 3.72. The number of amides is 2. The van der Waals surface area contributed by atoms with Gasteiger partial charge in [-0.3, -0.25) is 24.5 Å². The molecular weight excluding hydrogens is 401 g/mol. The van der Waals surface area contributed by atoms with Gasteiger partial charge in [0.2, 0.25) is 5.91 Å². The van der Waals surface area contributed by atoms with Gasteiger partial charge >= 0.3 is 5.97 Å². The van der Waals surface area contributed by atoms with E-state index in [4.69, 9.17) is 9.47 Å². The molecule has 0 radical (unpaired) electrons. The van der Waals surface area contributed by atoms with Crippen LogP contribution in [0.15, 0.2) is 42.5 Å². The van der Waals surface area contributed by atoms with Gasteiger partial charge in [-0.15, -0.1) is 0 Å². The van der Waals surface area contributed by atoms with Gasteiger partial charge in [-0.2, -0.15) is 0 Å². The Balaban J connectivity index is 1.79. The first kappa shape index (κ1) is 22.3. The monoisotopic (exact) mass is 419 g/mol. The molecule has 30 heavy (non-hydrogen) atoms. The smallest absolute Gasteiger partial charge is 0.306 e. The fraction of sp³-hybridized carbons (Fsp3) is 0.211. The molecule has 0 aliphatic heterocycles. The number of nitrogens with one attached hydrogen (secondary N) is 2. The molecule has 0 aromatic heterocycles. The SMILES string of the molecule is COc1ccc([N+](=O)[O-])c(NC(=O)COC(=O)CCC(=O)Nc2ccc(F)cc2)c1. The van der Waals surface area contributed by atoms with Crippen LogP contribution in [0.1, 0.15) is 12.8 Å². The summed E-state index contributed by atoms with van der Waals surface area (Å²) in [5.41, 5.74) is -0.0963. The molecular formula is C19H18FN3O7. The van der Waals surface area contributed by atoms with E-state index in [1.165, 1.54) is 49.6 Å². The summed E-state index contributed by atoms with van der Waals surface area (Å²) in [6, 6.07) is 8.88. The van der Waals surface area contributed by atoms with E-state index in [0.717, 1.165) is 0 Å². The van der Waals surface area contributed by atoms with Crippen LogP contribution < -0.4 is 15.4 Å². The van der Waals surface area contributed by atoms with E-state index in [9.17, 15) is 28.9 Å². The summed E-state index contributed by atoms with van der Waals surface area (Å²) in [5.74, 6) is -2.25. The molecule has 2 rings (SSSR count). The van der Waals surface area contributed by atoms with Crippen LogP contribution in [-0.2, 0) is 19.1 Å². The first-order valence-corrected chi connectivity index (χ1v) is 8.62. The number of ether oxygens (including phenoxy) is 2. The third-order valence-corrected chi connectivity index (χ3v) is 3.72. The Morgan fingerprint density at radius 3 is 2.37 bits per heavy atom. The lowest BCUT2D eigenvalue weighted by atomic mass is 10.2. The maximum absolute atomic E-state index is 12.8. The number of hydrogen-bond acceptors (Lipinski definition) is 7. The molecule has 0 atom stereocenters. The molecule has 0 aliphatic rings. The number of esters is 1. The molecule has 0 unspecified atom stereocenters. The van der Waals surface area contributed by atoms with Crippen molar-refractivity contribution in [1.82, 2.24) is 0 Å². The molecule has 11 heteroatoms. The maximum Gasteiger partial charge on any atom is 0.306 e. The summed E-state index contributed by atoms with van der Waals surface area (Å²) in [5, 5.41) is 15.8. The fourth-order valence-corrected chi connectivity index (χ4v) is 2.28. The molecule has 0 bridgehead atoms. The van der Waals surface area contributed by atoms with Crippen molar-refractivity contribution in [2.75, 3.05) is 24.4 Å². The van der Waals surface area contributed by atoms with Crippen molar-refractivity contribution in [3.8, 4) is 5.75 Å². The van der Waals surface area contributed by atoms with Crippen LogP contribution in [0.25, 0.3) is 0 Å². The predicted octanol–water partition coefficient (Wildman–Crippen LogP) is 2.64. The van der Waals surface area contributed by atoms with Gasteiger partial charge in [-0.25, -0.2) is 4.39 Å². The van der Waals surface area contributed by atoms with Crippen molar-refractivity contribution >= 4 is 34.8 Å². The Hall–Kier alpha value is -4.02. The Morgan fingerprint density at radius 1 is 1.03 bits per heavy atom. The van der Waals surface area contributed by atoms with Gasteiger partial charge in [0.05, 0.1) is 18.5 Å². The highest BCUT2D eigenvalue weighted by atomic mass is 19.1. The van der Waals surface area contributed by atoms with Crippen LogP contribution in [0.3, 0.4) is 0 Å². The zero-order valence-corrected chi connectivity index (χ0v) is 15.8. The molecule has 2 aromatic rings. The number of methoxy groups -OCH3 is 1. The van der Waals surface area contributed by atoms with E-state index >= 15 is 0 Å².